The summed E-state index contributed by atoms with van der Waals surface area (Å²) in [5, 5.41) is 3.50. The Morgan fingerprint density at radius 3 is 2.85 bits per heavy atom. The molecule has 8 heteroatoms. The van der Waals surface area contributed by atoms with Crippen LogP contribution in [0.3, 0.4) is 0 Å². The van der Waals surface area contributed by atoms with Gasteiger partial charge in [0, 0.05) is 0 Å². The van der Waals surface area contributed by atoms with Gasteiger partial charge in [-0.25, -0.2) is 0 Å². The van der Waals surface area contributed by atoms with Crippen molar-refractivity contribution >= 4 is 17.4 Å². The van der Waals surface area contributed by atoms with Gasteiger partial charge in [0.2, 0.25) is 0 Å². The zero-order valence-corrected chi connectivity index (χ0v) is 9.53. The Hall–Kier alpha value is -0.700. The molecule has 0 aliphatic heterocycles. The normalized spacial score (nSPS) is 10.3. The van der Waals surface area contributed by atoms with Crippen molar-refractivity contribution in [1.29, 1.82) is 0 Å². The first kappa shape index (κ1) is 10.4. The fourth-order valence-electron chi connectivity index (χ4n) is 0.664. The zero-order valence-electron chi connectivity index (χ0n) is 6.62. The van der Waals surface area contributed by atoms with Crippen molar-refractivity contribution in [3.63, 3.8) is 0 Å². The molecule has 0 unspecified atom stereocenters. The van der Waals surface area contributed by atoms with Gasteiger partial charge in [0.15, 0.2) is 0 Å². The van der Waals surface area contributed by atoms with E-state index in [1.165, 1.54) is 0 Å². The number of nitrogen functional groups attached to an aromatic ring is 2. The topological polar surface area (TPSA) is 96.2 Å². The van der Waals surface area contributed by atoms with E-state index >= 15 is 0 Å². The Balaban J connectivity index is 3.37. The second kappa shape index (κ2) is 4.01. The number of hydrogen-bond acceptors (Lipinski definition) is 5. The van der Waals surface area contributed by atoms with Crippen molar-refractivity contribution in [2.24, 2.45) is 0 Å². The first-order chi connectivity index (χ1) is 6.07. The van der Waals surface area contributed by atoms with Crippen LogP contribution < -0.4 is 41.8 Å². The van der Waals surface area contributed by atoms with Gasteiger partial charge in [0.05, 0.1) is 0 Å². The van der Waals surface area contributed by atoms with Gasteiger partial charge in [-0.3, -0.25) is 0 Å². The van der Waals surface area contributed by atoms with Crippen LogP contribution >= 0.6 is 11.6 Å². The number of aromatic nitrogens is 2. The van der Waals surface area contributed by atoms with E-state index in [0.29, 0.717) is 4.79 Å². The van der Waals surface area contributed by atoms with Gasteiger partial charge in [-0.05, 0) is 0 Å². The predicted octanol–water partition coefficient (Wildman–Crippen LogP) is -3.79. The van der Waals surface area contributed by atoms with E-state index in [4.69, 9.17) is 26.2 Å². The van der Waals surface area contributed by atoms with Crippen molar-refractivity contribution in [3.05, 3.63) is 15.4 Å². The first-order valence-corrected chi connectivity index (χ1v) is 6.49. The molecule has 0 fully saturated rings. The molecule has 0 radical (unpaired) electrons. The molecule has 0 saturated heterocycles. The number of hydrogen-bond donors (Lipinski definition) is 2. The molecule has 1 aromatic heterocycles. The summed E-state index contributed by atoms with van der Waals surface area (Å²) in [6.07, 6.45) is 0. The van der Waals surface area contributed by atoms with E-state index in [2.05, 4.69) is 5.10 Å². The molecule has 0 aromatic carbocycles. The van der Waals surface area contributed by atoms with Gasteiger partial charge >= 0.3 is 89.6 Å². The zero-order chi connectivity index (χ0) is 10.0. The standard InChI is InChI=1S/C5H7ClIN4O2/c1-7-13-3-2(6)4(8)10-11(9)5(3)12/h9H2,1H3,(H2,8,10)/q-1. The van der Waals surface area contributed by atoms with Crippen LogP contribution in [0.4, 0.5) is 5.82 Å². The van der Waals surface area contributed by atoms with E-state index in [0.717, 1.165) is 0 Å². The summed E-state index contributed by atoms with van der Waals surface area (Å²) in [6, 6.07) is 0. The summed E-state index contributed by atoms with van der Waals surface area (Å²) in [4.78, 5) is 13.7. The van der Waals surface area contributed by atoms with E-state index in [1.54, 1.807) is 0 Å². The third-order valence-corrected chi connectivity index (χ3v) is 2.44. The molecule has 0 saturated carbocycles. The van der Waals surface area contributed by atoms with Crippen molar-refractivity contribution in [1.82, 2.24) is 9.89 Å². The first-order valence-electron chi connectivity index (χ1n) is 3.07. The Morgan fingerprint density at radius 2 is 2.31 bits per heavy atom. The Kier molecular flexibility index (Phi) is 3.20. The van der Waals surface area contributed by atoms with Gasteiger partial charge in [-0.2, -0.15) is 0 Å². The van der Waals surface area contributed by atoms with Crippen LogP contribution in [-0.4, -0.2) is 14.8 Å². The monoisotopic (exact) mass is 317 g/mol. The third kappa shape index (κ3) is 1.97. The summed E-state index contributed by atoms with van der Waals surface area (Å²) < 4.78 is 5.07. The third-order valence-electron chi connectivity index (χ3n) is 1.20. The number of nitrogens with zero attached hydrogens (tertiary/aromatic N) is 2. The van der Waals surface area contributed by atoms with Gasteiger partial charge < -0.3 is 0 Å². The van der Waals surface area contributed by atoms with Crippen LogP contribution in [0, 0.1) is 0 Å². The van der Waals surface area contributed by atoms with Crippen LogP contribution in [-0.2, 0) is 0 Å². The van der Waals surface area contributed by atoms with Crippen LogP contribution in [0.2, 0.25) is 5.02 Å². The summed E-state index contributed by atoms with van der Waals surface area (Å²) in [7, 11) is 0. The number of alkyl halides is 1. The van der Waals surface area contributed by atoms with Crippen molar-refractivity contribution in [2.45, 2.75) is 0 Å². The number of rotatable bonds is 2. The quantitative estimate of drug-likeness (QED) is 0.331. The van der Waals surface area contributed by atoms with Crippen LogP contribution in [0.25, 0.3) is 0 Å². The van der Waals surface area contributed by atoms with E-state index < -0.39 is 27.2 Å². The average Bonchev–Trinajstić information content (AvgIpc) is 2.09. The minimum atomic E-state index is -0.583. The van der Waals surface area contributed by atoms with Gasteiger partial charge in [-0.1, -0.05) is 0 Å². The van der Waals surface area contributed by atoms with Gasteiger partial charge in [0.25, 0.3) is 0 Å². The van der Waals surface area contributed by atoms with Crippen LogP contribution in [0.15, 0.2) is 4.79 Å². The predicted molar refractivity (Wildman–Crippen MR) is 44.6 cm³/mol. The van der Waals surface area contributed by atoms with Crippen LogP contribution in [0.5, 0.6) is 5.75 Å². The van der Waals surface area contributed by atoms with Crippen LogP contribution in [0.1, 0.15) is 0 Å². The molecule has 0 atom stereocenters. The molecule has 4 N–H and O–H groups in total. The maximum atomic E-state index is 11.3. The molecule has 13 heavy (non-hydrogen) atoms. The van der Waals surface area contributed by atoms with Gasteiger partial charge in [-0.15, -0.1) is 0 Å². The second-order valence-electron chi connectivity index (χ2n) is 2.01. The van der Waals surface area contributed by atoms with E-state index in [-0.39, 0.29) is 16.6 Å². The van der Waals surface area contributed by atoms with Crippen molar-refractivity contribution < 1.29 is 24.7 Å². The minimum absolute atomic E-state index is 0.0174. The summed E-state index contributed by atoms with van der Waals surface area (Å²) in [5.41, 5.74) is 4.79. The van der Waals surface area contributed by atoms with E-state index in [9.17, 15) is 4.79 Å². The summed E-state index contributed by atoms with van der Waals surface area (Å²) in [5.74, 6) is 5.17. The number of halogens is 2. The number of anilines is 1. The molecule has 0 aliphatic rings. The number of nitrogens with two attached hydrogens (primary N) is 2. The molecule has 1 rings (SSSR count). The Labute approximate surface area is 89.6 Å². The average molecular weight is 317 g/mol. The molecule has 1 aromatic rings. The maximum absolute atomic E-state index is 11.3. The molecular weight excluding hydrogens is 310 g/mol. The molecule has 1 heterocycles. The summed E-state index contributed by atoms with van der Waals surface area (Å²) >= 11 is 5.12. The molecule has 6 nitrogen and oxygen atoms in total. The SMILES string of the molecule is C[I-]Oc1c(Cl)c(N)nn(N)c1=O. The fraction of sp³-hybridized carbons (Fsp3) is 0.200. The molecule has 74 valence electrons. The van der Waals surface area contributed by atoms with E-state index in [1.807, 2.05) is 4.93 Å². The molecule has 0 amide bonds. The van der Waals surface area contributed by atoms with Crippen molar-refractivity contribution in [3.8, 4) is 5.75 Å². The Morgan fingerprint density at radius 1 is 1.69 bits per heavy atom. The fourth-order valence-corrected chi connectivity index (χ4v) is 1.80. The van der Waals surface area contributed by atoms with Gasteiger partial charge in [0.1, 0.15) is 0 Å². The van der Waals surface area contributed by atoms with Crippen molar-refractivity contribution in [2.75, 3.05) is 16.5 Å². The molecule has 0 aliphatic carbocycles. The molecule has 0 bridgehead atoms. The molecular formula is C5H7ClIN4O2-. The Bertz CT molecular complexity index is 380. The summed E-state index contributed by atoms with van der Waals surface area (Å²) in [6.45, 7) is 0. The molecule has 0 spiro atoms. The second-order valence-corrected chi connectivity index (χ2v) is 3.71.